The predicted molar refractivity (Wildman–Crippen MR) is 78.0 cm³/mol. The van der Waals surface area contributed by atoms with Gasteiger partial charge in [-0.3, -0.25) is 5.10 Å². The zero-order valence-electron chi connectivity index (χ0n) is 12.0. The molecule has 2 rings (SSSR count). The molecule has 106 valence electrons. The molecule has 3 N–H and O–H groups in total. The molecule has 0 radical (unpaired) electrons. The number of aromatic amines is 1. The first kappa shape index (κ1) is 14.0. The highest BCUT2D eigenvalue weighted by Crippen LogP contribution is 2.27. The van der Waals surface area contributed by atoms with Gasteiger partial charge in [0.1, 0.15) is 5.82 Å². The van der Waals surface area contributed by atoms with E-state index < -0.39 is 6.03 Å². The van der Waals surface area contributed by atoms with Crippen molar-refractivity contribution in [3.63, 3.8) is 0 Å². The lowest BCUT2D eigenvalue weighted by molar-refractivity contribution is 0.256. The highest BCUT2D eigenvalue weighted by Gasteiger charge is 2.21. The molecule has 6 nitrogen and oxygen atoms in total. The fourth-order valence-corrected chi connectivity index (χ4v) is 2.12. The van der Waals surface area contributed by atoms with Gasteiger partial charge in [-0.1, -0.05) is 26.0 Å². The van der Waals surface area contributed by atoms with E-state index in [2.05, 4.69) is 28.2 Å². The summed E-state index contributed by atoms with van der Waals surface area (Å²) in [5.41, 5.74) is 8.50. The summed E-state index contributed by atoms with van der Waals surface area (Å²) in [6.45, 7) is 5.91. The number of hydrogen-bond acceptors (Lipinski definition) is 3. The third kappa shape index (κ3) is 2.64. The van der Waals surface area contributed by atoms with E-state index in [4.69, 9.17) is 5.73 Å². The summed E-state index contributed by atoms with van der Waals surface area (Å²) in [4.78, 5) is 17.3. The van der Waals surface area contributed by atoms with Crippen LogP contribution < -0.4 is 10.6 Å². The summed E-state index contributed by atoms with van der Waals surface area (Å²) in [6.07, 6.45) is 1.75. The number of hydrogen-bond donors (Lipinski definition) is 2. The third-order valence-electron chi connectivity index (χ3n) is 3.18. The Kier molecular flexibility index (Phi) is 4.02. The maximum atomic E-state index is 11.8. The van der Waals surface area contributed by atoms with Crippen molar-refractivity contribution < 1.29 is 4.79 Å². The number of nitrogens with one attached hydrogen (secondary N) is 1. The van der Waals surface area contributed by atoms with Crippen LogP contribution in [0.5, 0.6) is 0 Å². The second kappa shape index (κ2) is 5.73. The van der Waals surface area contributed by atoms with Gasteiger partial charge in [-0.2, -0.15) is 4.98 Å². The van der Waals surface area contributed by atoms with Crippen LogP contribution >= 0.6 is 0 Å². The summed E-state index contributed by atoms with van der Waals surface area (Å²) in [5, 5.41) is 6.74. The highest BCUT2D eigenvalue weighted by atomic mass is 16.2. The molecule has 0 aliphatic rings. The minimum atomic E-state index is -0.594. The van der Waals surface area contributed by atoms with Crippen LogP contribution in [0.3, 0.4) is 0 Å². The Labute approximate surface area is 118 Å². The zero-order chi connectivity index (χ0) is 14.7. The average Bonchev–Trinajstić information content (AvgIpc) is 2.85. The van der Waals surface area contributed by atoms with Gasteiger partial charge in [0.2, 0.25) is 0 Å². The van der Waals surface area contributed by atoms with Crippen molar-refractivity contribution in [2.24, 2.45) is 5.73 Å². The number of benzene rings is 1. The molecule has 1 aromatic heterocycles. The number of rotatable bonds is 4. The summed E-state index contributed by atoms with van der Waals surface area (Å²) < 4.78 is 0. The molecular weight excluding hydrogens is 254 g/mol. The van der Waals surface area contributed by atoms with Gasteiger partial charge in [-0.15, -0.1) is 5.10 Å². The summed E-state index contributed by atoms with van der Waals surface area (Å²) >= 11 is 0. The van der Waals surface area contributed by atoms with Crippen molar-refractivity contribution in [1.29, 1.82) is 0 Å². The molecule has 0 fully saturated rings. The Morgan fingerprint density at radius 2 is 2.10 bits per heavy atom. The second-order valence-electron chi connectivity index (χ2n) is 4.56. The number of nitrogens with zero attached hydrogens (tertiary/aromatic N) is 3. The highest BCUT2D eigenvalue weighted by molar-refractivity contribution is 5.97. The number of anilines is 2. The van der Waals surface area contributed by atoms with Gasteiger partial charge in [-0.25, -0.2) is 9.69 Å². The molecular formula is C14H19N5O. The van der Waals surface area contributed by atoms with Crippen LogP contribution in [0.1, 0.15) is 30.8 Å². The average molecular weight is 273 g/mol. The standard InChI is InChI=1S/C14H19N5O/c1-4-10-6-7-12(11(5-2)8-10)19(13(15)20)14-16-9(3)17-18-14/h6-8H,4-5H2,1-3H3,(H2,15,20)(H,16,17,18). The fraction of sp³-hybridized carbons (Fsp3) is 0.357. The van der Waals surface area contributed by atoms with E-state index in [1.807, 2.05) is 19.1 Å². The van der Waals surface area contributed by atoms with Crippen molar-refractivity contribution in [3.05, 3.63) is 35.2 Å². The zero-order valence-corrected chi connectivity index (χ0v) is 12.0. The molecule has 6 heteroatoms. The molecule has 0 atom stereocenters. The monoisotopic (exact) mass is 273 g/mol. The van der Waals surface area contributed by atoms with Crippen LogP contribution in [-0.2, 0) is 12.8 Å². The maximum Gasteiger partial charge on any atom is 0.326 e. The largest absolute Gasteiger partial charge is 0.351 e. The lowest BCUT2D eigenvalue weighted by Gasteiger charge is -2.20. The van der Waals surface area contributed by atoms with Gasteiger partial charge in [-0.05, 0) is 37.0 Å². The Morgan fingerprint density at radius 1 is 1.35 bits per heavy atom. The quantitative estimate of drug-likeness (QED) is 0.896. The molecule has 2 amide bonds. The Balaban J connectivity index is 2.52. The van der Waals surface area contributed by atoms with E-state index in [1.54, 1.807) is 6.92 Å². The van der Waals surface area contributed by atoms with Crippen molar-refractivity contribution >= 4 is 17.7 Å². The summed E-state index contributed by atoms with van der Waals surface area (Å²) in [6, 6.07) is 5.38. The van der Waals surface area contributed by atoms with Crippen molar-refractivity contribution in [3.8, 4) is 0 Å². The molecule has 0 aliphatic heterocycles. The van der Waals surface area contributed by atoms with E-state index in [1.165, 1.54) is 10.5 Å². The summed E-state index contributed by atoms with van der Waals surface area (Å²) in [7, 11) is 0. The van der Waals surface area contributed by atoms with E-state index in [0.29, 0.717) is 5.82 Å². The number of urea groups is 1. The molecule has 0 saturated carbocycles. The fourth-order valence-electron chi connectivity index (χ4n) is 2.12. The third-order valence-corrected chi connectivity index (χ3v) is 3.18. The first-order valence-corrected chi connectivity index (χ1v) is 6.67. The van der Waals surface area contributed by atoms with Gasteiger partial charge in [0, 0.05) is 0 Å². The van der Waals surface area contributed by atoms with E-state index in [-0.39, 0.29) is 5.95 Å². The smallest absolute Gasteiger partial charge is 0.326 e. The van der Waals surface area contributed by atoms with Gasteiger partial charge < -0.3 is 5.73 Å². The maximum absolute atomic E-state index is 11.8. The number of amides is 2. The number of H-pyrrole nitrogens is 1. The molecule has 0 unspecified atom stereocenters. The van der Waals surface area contributed by atoms with Crippen LogP contribution in [0.25, 0.3) is 0 Å². The molecule has 1 aromatic carbocycles. The van der Waals surface area contributed by atoms with Gasteiger partial charge >= 0.3 is 6.03 Å². The lowest BCUT2D eigenvalue weighted by Crippen LogP contribution is -2.33. The molecule has 0 bridgehead atoms. The topological polar surface area (TPSA) is 87.9 Å². The van der Waals surface area contributed by atoms with Crippen LogP contribution in [0.2, 0.25) is 0 Å². The van der Waals surface area contributed by atoms with E-state index in [9.17, 15) is 4.79 Å². The summed E-state index contributed by atoms with van der Waals surface area (Å²) in [5.74, 6) is 0.906. The van der Waals surface area contributed by atoms with E-state index in [0.717, 1.165) is 24.1 Å². The van der Waals surface area contributed by atoms with Crippen molar-refractivity contribution in [1.82, 2.24) is 15.2 Å². The van der Waals surface area contributed by atoms with Crippen LogP contribution in [0.4, 0.5) is 16.4 Å². The molecule has 0 saturated heterocycles. The minimum absolute atomic E-state index is 0.272. The number of aryl methyl sites for hydroxylation is 3. The van der Waals surface area contributed by atoms with Gasteiger partial charge in [0.05, 0.1) is 5.69 Å². The van der Waals surface area contributed by atoms with Crippen molar-refractivity contribution in [2.45, 2.75) is 33.6 Å². The van der Waals surface area contributed by atoms with Crippen LogP contribution in [0.15, 0.2) is 18.2 Å². The number of nitrogens with two attached hydrogens (primary N) is 1. The Hall–Kier alpha value is -2.37. The molecule has 0 spiro atoms. The number of carbonyl (C=O) groups is 1. The number of primary amides is 1. The normalized spacial score (nSPS) is 10.6. The molecule has 20 heavy (non-hydrogen) atoms. The van der Waals surface area contributed by atoms with Crippen molar-refractivity contribution in [2.75, 3.05) is 4.90 Å². The van der Waals surface area contributed by atoms with E-state index >= 15 is 0 Å². The Bertz CT molecular complexity index is 620. The SMILES string of the molecule is CCc1ccc(N(C(N)=O)c2n[nH]c(C)n2)c(CC)c1. The molecule has 2 aromatic rings. The van der Waals surface area contributed by atoms with Gasteiger partial charge in [0.25, 0.3) is 5.95 Å². The minimum Gasteiger partial charge on any atom is -0.351 e. The lowest BCUT2D eigenvalue weighted by atomic mass is 10.0. The van der Waals surface area contributed by atoms with Crippen LogP contribution in [-0.4, -0.2) is 21.2 Å². The number of carbonyl (C=O) groups excluding carboxylic acids is 1. The molecule has 0 aliphatic carbocycles. The first-order valence-electron chi connectivity index (χ1n) is 6.67. The number of aromatic nitrogens is 3. The first-order chi connectivity index (χ1) is 9.56. The molecule has 1 heterocycles. The Morgan fingerprint density at radius 3 is 2.60 bits per heavy atom. The van der Waals surface area contributed by atoms with Gasteiger partial charge in [0.15, 0.2) is 0 Å². The van der Waals surface area contributed by atoms with Crippen LogP contribution in [0, 0.1) is 6.92 Å². The second-order valence-corrected chi connectivity index (χ2v) is 4.56. The predicted octanol–water partition coefficient (Wildman–Crippen LogP) is 2.45.